The highest BCUT2D eigenvalue weighted by atomic mass is 19.1. The fraction of sp³-hybridized carbons (Fsp3) is 0.308. The van der Waals surface area contributed by atoms with Gasteiger partial charge in [0, 0.05) is 18.8 Å². The summed E-state index contributed by atoms with van der Waals surface area (Å²) in [6.07, 6.45) is 9.02. The van der Waals surface area contributed by atoms with E-state index in [9.17, 15) is 14.3 Å². The molecule has 0 bridgehead atoms. The van der Waals surface area contributed by atoms with Crippen molar-refractivity contribution >= 4 is 12.0 Å². The molecule has 0 saturated carbocycles. The van der Waals surface area contributed by atoms with Crippen LogP contribution in [0.2, 0.25) is 0 Å². The topological polar surface area (TPSA) is 67.6 Å². The van der Waals surface area contributed by atoms with E-state index in [-0.39, 0.29) is 18.3 Å². The molecule has 1 unspecified atom stereocenters. The largest absolute Gasteiger partial charge is 0.495 e. The second-order valence-corrected chi connectivity index (χ2v) is 8.44. The number of hydrogen-bond donors (Lipinski definition) is 1. The third kappa shape index (κ3) is 5.14. The molecule has 1 amide bonds. The highest BCUT2D eigenvalue weighted by Crippen LogP contribution is 2.31. The summed E-state index contributed by atoms with van der Waals surface area (Å²) in [4.78, 5) is 18.9. The van der Waals surface area contributed by atoms with Gasteiger partial charge in [-0.1, -0.05) is 18.2 Å². The minimum atomic E-state index is -1.19. The molecule has 1 atom stereocenters. The minimum absolute atomic E-state index is 0.171. The van der Waals surface area contributed by atoms with Crippen molar-refractivity contribution in [3.8, 4) is 11.4 Å². The molecule has 3 aromatic rings. The number of amides is 1. The monoisotopic (exact) mass is 449 g/mol. The number of hydrogen-bond acceptors (Lipinski definition) is 4. The van der Waals surface area contributed by atoms with E-state index in [1.54, 1.807) is 36.5 Å². The number of benzene rings is 2. The minimum Gasteiger partial charge on any atom is -0.495 e. The average molecular weight is 450 g/mol. The van der Waals surface area contributed by atoms with Gasteiger partial charge in [0.2, 0.25) is 5.91 Å². The van der Waals surface area contributed by atoms with Gasteiger partial charge in [-0.15, -0.1) is 0 Å². The third-order valence-corrected chi connectivity index (χ3v) is 6.03. The second kappa shape index (κ2) is 9.58. The number of carbonyl (C=O) groups is 1. The van der Waals surface area contributed by atoms with Crippen LogP contribution in [0.1, 0.15) is 36.1 Å². The standard InChI is InChI=1S/C26H28FN3O3/c1-19-16-30(18-28-19)23-11-5-20(15-24(23)33-2)6-12-25(31)29-14-4-3-13-26(32,17-29)21-7-9-22(27)10-8-21/h5-12,15-16,18,32H,3-4,13-14,17H2,1-2H3/b12-6+. The molecule has 1 N–H and O–H groups in total. The van der Waals surface area contributed by atoms with Crippen molar-refractivity contribution < 1.29 is 19.0 Å². The van der Waals surface area contributed by atoms with Gasteiger partial charge < -0.3 is 19.3 Å². The van der Waals surface area contributed by atoms with Crippen LogP contribution < -0.4 is 4.74 Å². The van der Waals surface area contributed by atoms with Crippen LogP contribution in [0.15, 0.2) is 61.1 Å². The molecule has 172 valence electrons. The molecule has 2 heterocycles. The Balaban J connectivity index is 1.51. The number of nitrogens with zero attached hydrogens (tertiary/aromatic N) is 3. The van der Waals surface area contributed by atoms with Crippen LogP contribution in [0.4, 0.5) is 4.39 Å². The number of likely N-dealkylation sites (tertiary alicyclic amines) is 1. The maximum absolute atomic E-state index is 13.3. The van der Waals surface area contributed by atoms with Gasteiger partial charge in [-0.25, -0.2) is 9.37 Å². The van der Waals surface area contributed by atoms with Crippen molar-refractivity contribution in [1.82, 2.24) is 14.5 Å². The SMILES string of the molecule is COc1cc(/C=C/C(=O)N2CCCCC(O)(c3ccc(F)cc3)C2)ccc1-n1cnc(C)c1. The Hall–Kier alpha value is -3.45. The van der Waals surface area contributed by atoms with Crippen LogP contribution in [-0.4, -0.2) is 45.7 Å². The van der Waals surface area contributed by atoms with E-state index in [4.69, 9.17) is 4.74 Å². The molecular formula is C26H28FN3O3. The third-order valence-electron chi connectivity index (χ3n) is 6.03. The maximum atomic E-state index is 13.3. The Morgan fingerprint density at radius 1 is 1.21 bits per heavy atom. The summed E-state index contributed by atoms with van der Waals surface area (Å²) >= 11 is 0. The summed E-state index contributed by atoms with van der Waals surface area (Å²) in [7, 11) is 1.61. The lowest BCUT2D eigenvalue weighted by atomic mass is 9.89. The summed E-state index contributed by atoms with van der Waals surface area (Å²) in [5.74, 6) is 0.143. The highest BCUT2D eigenvalue weighted by molar-refractivity contribution is 5.92. The molecule has 1 aliphatic rings. The Labute approximate surface area is 192 Å². The van der Waals surface area contributed by atoms with Crippen LogP contribution in [-0.2, 0) is 10.4 Å². The molecule has 33 heavy (non-hydrogen) atoms. The van der Waals surface area contributed by atoms with Gasteiger partial charge in [-0.05, 0) is 67.7 Å². The zero-order valence-corrected chi connectivity index (χ0v) is 18.9. The molecule has 0 radical (unpaired) electrons. The number of carbonyl (C=O) groups excluding carboxylic acids is 1. The van der Waals surface area contributed by atoms with Crippen molar-refractivity contribution in [3.05, 3.63) is 83.7 Å². The van der Waals surface area contributed by atoms with Gasteiger partial charge in [0.25, 0.3) is 0 Å². The quantitative estimate of drug-likeness (QED) is 0.592. The van der Waals surface area contributed by atoms with Crippen LogP contribution in [0.5, 0.6) is 5.75 Å². The summed E-state index contributed by atoms with van der Waals surface area (Å²) in [6, 6.07) is 11.6. The number of imidazole rings is 1. The molecule has 0 spiro atoms. The lowest BCUT2D eigenvalue weighted by molar-refractivity contribution is -0.129. The number of halogens is 1. The fourth-order valence-corrected chi connectivity index (χ4v) is 4.21. The zero-order chi connectivity index (χ0) is 23.4. The molecule has 1 aliphatic heterocycles. The van der Waals surface area contributed by atoms with Gasteiger partial charge >= 0.3 is 0 Å². The van der Waals surface area contributed by atoms with Gasteiger partial charge in [0.05, 0.1) is 31.4 Å². The normalized spacial score (nSPS) is 19.0. The molecule has 1 fully saturated rings. The first-order valence-electron chi connectivity index (χ1n) is 11.0. The number of ether oxygens (including phenoxy) is 1. The average Bonchev–Trinajstić information content (AvgIpc) is 3.14. The Kier molecular flexibility index (Phi) is 6.60. The van der Waals surface area contributed by atoms with Crippen LogP contribution in [0.25, 0.3) is 11.8 Å². The molecule has 6 nitrogen and oxygen atoms in total. The maximum Gasteiger partial charge on any atom is 0.246 e. The van der Waals surface area contributed by atoms with E-state index in [0.717, 1.165) is 29.8 Å². The van der Waals surface area contributed by atoms with Crippen molar-refractivity contribution in [2.75, 3.05) is 20.2 Å². The van der Waals surface area contributed by atoms with Crippen molar-refractivity contribution in [1.29, 1.82) is 0 Å². The lowest BCUT2D eigenvalue weighted by Gasteiger charge is -2.31. The van der Waals surface area contributed by atoms with E-state index in [1.165, 1.54) is 18.2 Å². The van der Waals surface area contributed by atoms with Crippen LogP contribution in [0.3, 0.4) is 0 Å². The van der Waals surface area contributed by atoms with Gasteiger partial charge in [-0.3, -0.25) is 4.79 Å². The fourth-order valence-electron chi connectivity index (χ4n) is 4.21. The predicted molar refractivity (Wildman–Crippen MR) is 125 cm³/mol. The van der Waals surface area contributed by atoms with Gasteiger partial charge in [0.1, 0.15) is 17.2 Å². The summed E-state index contributed by atoms with van der Waals surface area (Å²) < 4.78 is 20.8. The molecule has 4 rings (SSSR count). The zero-order valence-electron chi connectivity index (χ0n) is 18.9. The van der Waals surface area contributed by atoms with Crippen molar-refractivity contribution in [2.45, 2.75) is 31.8 Å². The molecule has 1 saturated heterocycles. The lowest BCUT2D eigenvalue weighted by Crippen LogP contribution is -2.42. The van der Waals surface area contributed by atoms with E-state index < -0.39 is 5.60 Å². The predicted octanol–water partition coefficient (Wildman–Crippen LogP) is 4.24. The Morgan fingerprint density at radius 3 is 2.70 bits per heavy atom. The number of aryl methyl sites for hydroxylation is 1. The summed E-state index contributed by atoms with van der Waals surface area (Å²) in [5, 5.41) is 11.3. The van der Waals surface area contributed by atoms with E-state index in [2.05, 4.69) is 4.98 Å². The smallest absolute Gasteiger partial charge is 0.246 e. The molecule has 2 aromatic carbocycles. The van der Waals surface area contributed by atoms with Gasteiger partial charge in [-0.2, -0.15) is 0 Å². The van der Waals surface area contributed by atoms with Crippen LogP contribution >= 0.6 is 0 Å². The molecule has 7 heteroatoms. The first-order chi connectivity index (χ1) is 15.9. The first-order valence-corrected chi connectivity index (χ1v) is 11.0. The Bertz CT molecular complexity index is 1160. The van der Waals surface area contributed by atoms with Crippen LogP contribution in [0, 0.1) is 12.7 Å². The summed E-state index contributed by atoms with van der Waals surface area (Å²) in [5.41, 5.74) is 2.02. The number of aromatic nitrogens is 2. The highest BCUT2D eigenvalue weighted by Gasteiger charge is 2.34. The van der Waals surface area contributed by atoms with Crippen molar-refractivity contribution in [3.63, 3.8) is 0 Å². The number of rotatable bonds is 5. The molecule has 1 aromatic heterocycles. The number of aliphatic hydroxyl groups is 1. The second-order valence-electron chi connectivity index (χ2n) is 8.44. The summed E-state index contributed by atoms with van der Waals surface area (Å²) in [6.45, 7) is 2.66. The number of methoxy groups -OCH3 is 1. The molecular weight excluding hydrogens is 421 g/mol. The van der Waals surface area contributed by atoms with Gasteiger partial charge in [0.15, 0.2) is 0 Å². The van der Waals surface area contributed by atoms with E-state index in [1.807, 2.05) is 35.9 Å². The Morgan fingerprint density at radius 2 is 2.00 bits per heavy atom. The number of β-amino-alcohol motifs (C(OH)–C–C–N with tert-alkyl or cyclic N) is 1. The first kappa shape index (κ1) is 22.7. The van der Waals surface area contributed by atoms with E-state index >= 15 is 0 Å². The molecule has 0 aliphatic carbocycles. The van der Waals surface area contributed by atoms with E-state index in [0.29, 0.717) is 24.3 Å². The van der Waals surface area contributed by atoms with Crippen molar-refractivity contribution in [2.24, 2.45) is 0 Å².